The summed E-state index contributed by atoms with van der Waals surface area (Å²) >= 11 is 3.30. The number of carbonyl (C=O) groups excluding carboxylic acids is 1. The van der Waals surface area contributed by atoms with Gasteiger partial charge in [-0.2, -0.15) is 0 Å². The Labute approximate surface area is 109 Å². The molecule has 0 aliphatic heterocycles. The van der Waals surface area contributed by atoms with Crippen LogP contribution in [0.4, 0.5) is 5.82 Å². The van der Waals surface area contributed by atoms with E-state index >= 15 is 0 Å². The Morgan fingerprint density at radius 1 is 1.59 bits per heavy atom. The average Bonchev–Trinajstić information content (AvgIpc) is 2.32. The third-order valence-electron chi connectivity index (χ3n) is 2.03. The predicted molar refractivity (Wildman–Crippen MR) is 70.3 cm³/mol. The summed E-state index contributed by atoms with van der Waals surface area (Å²) in [4.78, 5) is 16.1. The monoisotopic (exact) mass is 301 g/mol. The van der Waals surface area contributed by atoms with E-state index in [4.69, 9.17) is 4.74 Å². The summed E-state index contributed by atoms with van der Waals surface area (Å²) in [5.41, 5.74) is 0.525. The van der Waals surface area contributed by atoms with Gasteiger partial charge in [-0.05, 0) is 28.9 Å². The number of amides is 1. The Bertz CT molecular complexity index is 385. The molecule has 1 aromatic heterocycles. The smallest absolute Gasteiger partial charge is 0.255 e. The van der Waals surface area contributed by atoms with Gasteiger partial charge < -0.3 is 15.4 Å². The van der Waals surface area contributed by atoms with Gasteiger partial charge in [0.05, 0.1) is 12.2 Å². The molecule has 1 heterocycles. The fourth-order valence-electron chi connectivity index (χ4n) is 1.28. The zero-order valence-corrected chi connectivity index (χ0v) is 11.5. The number of nitrogens with zero attached hydrogens (tertiary/aromatic N) is 1. The van der Waals surface area contributed by atoms with Crippen molar-refractivity contribution in [2.75, 3.05) is 32.1 Å². The SMILES string of the molecule is CCNc1ncc(Br)cc1C(=O)NCCOC. The van der Waals surface area contributed by atoms with Crippen LogP contribution >= 0.6 is 15.9 Å². The molecule has 0 fully saturated rings. The maximum Gasteiger partial charge on any atom is 0.255 e. The second kappa shape index (κ2) is 7.24. The number of hydrogen-bond acceptors (Lipinski definition) is 4. The van der Waals surface area contributed by atoms with Crippen LogP contribution < -0.4 is 10.6 Å². The summed E-state index contributed by atoms with van der Waals surface area (Å²) in [7, 11) is 1.59. The van der Waals surface area contributed by atoms with Gasteiger partial charge in [-0.25, -0.2) is 4.98 Å². The molecule has 94 valence electrons. The fourth-order valence-corrected chi connectivity index (χ4v) is 1.61. The van der Waals surface area contributed by atoms with E-state index in [-0.39, 0.29) is 5.91 Å². The van der Waals surface area contributed by atoms with Crippen LogP contribution in [0.15, 0.2) is 16.7 Å². The quantitative estimate of drug-likeness (QED) is 0.784. The molecule has 1 rings (SSSR count). The van der Waals surface area contributed by atoms with Gasteiger partial charge in [-0.1, -0.05) is 0 Å². The highest BCUT2D eigenvalue weighted by molar-refractivity contribution is 9.10. The second-order valence-corrected chi connectivity index (χ2v) is 4.24. The van der Waals surface area contributed by atoms with Crippen LogP contribution in [-0.2, 0) is 4.74 Å². The molecule has 1 aromatic rings. The lowest BCUT2D eigenvalue weighted by Crippen LogP contribution is -2.28. The molecule has 0 bridgehead atoms. The number of rotatable bonds is 6. The first-order valence-corrected chi connectivity index (χ1v) is 6.15. The van der Waals surface area contributed by atoms with Crippen molar-refractivity contribution < 1.29 is 9.53 Å². The van der Waals surface area contributed by atoms with E-state index in [0.717, 1.165) is 4.47 Å². The number of pyridine rings is 1. The summed E-state index contributed by atoms with van der Waals surface area (Å²) in [5, 5.41) is 5.81. The number of nitrogens with one attached hydrogen (secondary N) is 2. The van der Waals surface area contributed by atoms with E-state index in [1.165, 1.54) is 0 Å². The van der Waals surface area contributed by atoms with Gasteiger partial charge in [-0.15, -0.1) is 0 Å². The highest BCUT2D eigenvalue weighted by Gasteiger charge is 2.12. The second-order valence-electron chi connectivity index (χ2n) is 3.33. The van der Waals surface area contributed by atoms with Gasteiger partial charge >= 0.3 is 0 Å². The molecule has 0 aliphatic carbocycles. The largest absolute Gasteiger partial charge is 0.383 e. The number of hydrogen-bond donors (Lipinski definition) is 2. The summed E-state index contributed by atoms with van der Waals surface area (Å²) in [6.07, 6.45) is 1.66. The third kappa shape index (κ3) is 4.32. The van der Waals surface area contributed by atoms with Crippen LogP contribution in [0.2, 0.25) is 0 Å². The highest BCUT2D eigenvalue weighted by atomic mass is 79.9. The predicted octanol–water partition coefficient (Wildman–Crippen LogP) is 1.65. The molecule has 2 N–H and O–H groups in total. The van der Waals surface area contributed by atoms with E-state index in [9.17, 15) is 4.79 Å². The van der Waals surface area contributed by atoms with Gasteiger partial charge in [0.15, 0.2) is 0 Å². The molecule has 0 aliphatic rings. The number of ether oxygens (including phenoxy) is 1. The maximum absolute atomic E-state index is 11.9. The van der Waals surface area contributed by atoms with Crippen molar-refractivity contribution in [3.8, 4) is 0 Å². The molecule has 0 atom stereocenters. The Balaban J connectivity index is 2.78. The van der Waals surface area contributed by atoms with Crippen LogP contribution in [0.3, 0.4) is 0 Å². The van der Waals surface area contributed by atoms with Crippen LogP contribution in [0.1, 0.15) is 17.3 Å². The molecular weight excluding hydrogens is 286 g/mol. The molecule has 0 aromatic carbocycles. The molecule has 0 radical (unpaired) electrons. The van der Waals surface area contributed by atoms with E-state index in [1.807, 2.05) is 6.92 Å². The van der Waals surface area contributed by atoms with Crippen LogP contribution in [0.5, 0.6) is 0 Å². The van der Waals surface area contributed by atoms with Crippen molar-refractivity contribution >= 4 is 27.7 Å². The molecule has 0 saturated carbocycles. The van der Waals surface area contributed by atoms with Gasteiger partial charge in [0.25, 0.3) is 5.91 Å². The van der Waals surface area contributed by atoms with Crippen molar-refractivity contribution in [3.63, 3.8) is 0 Å². The lowest BCUT2D eigenvalue weighted by Gasteiger charge is -2.10. The van der Waals surface area contributed by atoms with E-state index in [2.05, 4.69) is 31.5 Å². The van der Waals surface area contributed by atoms with Crippen molar-refractivity contribution in [1.82, 2.24) is 10.3 Å². The lowest BCUT2D eigenvalue weighted by atomic mass is 10.2. The molecule has 0 unspecified atom stereocenters. The first-order chi connectivity index (χ1) is 8.19. The Kier molecular flexibility index (Phi) is 5.93. The third-order valence-corrected chi connectivity index (χ3v) is 2.47. The fraction of sp³-hybridized carbons (Fsp3) is 0.455. The molecule has 1 amide bonds. The lowest BCUT2D eigenvalue weighted by molar-refractivity contribution is 0.0937. The van der Waals surface area contributed by atoms with Crippen molar-refractivity contribution in [2.45, 2.75) is 6.92 Å². The molecule has 5 nitrogen and oxygen atoms in total. The minimum absolute atomic E-state index is 0.160. The number of halogens is 1. The number of aromatic nitrogens is 1. The van der Waals surface area contributed by atoms with Gasteiger partial charge in [-0.3, -0.25) is 4.79 Å². The van der Waals surface area contributed by atoms with E-state index in [0.29, 0.717) is 31.1 Å². The van der Waals surface area contributed by atoms with Crippen LogP contribution in [0, 0.1) is 0 Å². The highest BCUT2D eigenvalue weighted by Crippen LogP contribution is 2.17. The van der Waals surface area contributed by atoms with Crippen LogP contribution in [-0.4, -0.2) is 37.7 Å². The maximum atomic E-state index is 11.9. The summed E-state index contributed by atoms with van der Waals surface area (Å²) in [5.74, 6) is 0.428. The minimum Gasteiger partial charge on any atom is -0.383 e. The molecule has 6 heteroatoms. The molecular formula is C11H16BrN3O2. The van der Waals surface area contributed by atoms with E-state index in [1.54, 1.807) is 19.4 Å². The zero-order chi connectivity index (χ0) is 12.7. The van der Waals surface area contributed by atoms with Gasteiger partial charge in [0.1, 0.15) is 5.82 Å². The summed E-state index contributed by atoms with van der Waals surface area (Å²) in [6, 6.07) is 1.74. The van der Waals surface area contributed by atoms with Crippen molar-refractivity contribution in [3.05, 3.63) is 22.3 Å². The number of carbonyl (C=O) groups is 1. The molecule has 0 saturated heterocycles. The number of methoxy groups -OCH3 is 1. The van der Waals surface area contributed by atoms with Gasteiger partial charge in [0, 0.05) is 30.9 Å². The first kappa shape index (κ1) is 13.9. The molecule has 17 heavy (non-hydrogen) atoms. The minimum atomic E-state index is -0.160. The Hall–Kier alpha value is -1.14. The first-order valence-electron chi connectivity index (χ1n) is 5.35. The summed E-state index contributed by atoms with van der Waals surface area (Å²) in [6.45, 7) is 3.64. The zero-order valence-electron chi connectivity index (χ0n) is 9.92. The van der Waals surface area contributed by atoms with E-state index < -0.39 is 0 Å². The average molecular weight is 302 g/mol. The normalized spacial score (nSPS) is 10.1. The Morgan fingerprint density at radius 3 is 3.00 bits per heavy atom. The molecule has 0 spiro atoms. The van der Waals surface area contributed by atoms with Gasteiger partial charge in [0.2, 0.25) is 0 Å². The van der Waals surface area contributed by atoms with Crippen LogP contribution in [0.25, 0.3) is 0 Å². The number of anilines is 1. The van der Waals surface area contributed by atoms with Crippen molar-refractivity contribution in [1.29, 1.82) is 0 Å². The topological polar surface area (TPSA) is 63.2 Å². The summed E-state index contributed by atoms with van der Waals surface area (Å²) < 4.78 is 5.65. The Morgan fingerprint density at radius 2 is 2.35 bits per heavy atom. The van der Waals surface area contributed by atoms with Crippen molar-refractivity contribution in [2.24, 2.45) is 0 Å². The standard InChI is InChI=1S/C11H16BrN3O2/c1-3-13-10-9(6-8(12)7-15-10)11(16)14-4-5-17-2/h6-7H,3-5H2,1-2H3,(H,13,15)(H,14,16).